The molecule has 0 aromatic heterocycles. The van der Waals surface area contributed by atoms with Crippen LogP contribution in [-0.4, -0.2) is 57.6 Å². The molecule has 0 bridgehead atoms. The summed E-state index contributed by atoms with van der Waals surface area (Å²) >= 11 is 0. The van der Waals surface area contributed by atoms with Gasteiger partial charge in [0.15, 0.2) is 0 Å². The Morgan fingerprint density at radius 2 is 1.64 bits per heavy atom. The van der Waals surface area contributed by atoms with E-state index in [1.54, 1.807) is 13.0 Å². The van der Waals surface area contributed by atoms with E-state index in [0.29, 0.717) is 0 Å². The molecule has 0 aromatic rings. The molecule has 0 saturated heterocycles. The normalized spacial score (nSPS) is 15.4. The number of carboxylic acid groups (broad SMARTS) is 1. The fourth-order valence-corrected chi connectivity index (χ4v) is 2.19. The molecule has 0 fully saturated rings. The van der Waals surface area contributed by atoms with Gasteiger partial charge in [-0.1, -0.05) is 18.6 Å². The molecule has 144 valence electrons. The van der Waals surface area contributed by atoms with Gasteiger partial charge in [-0.3, -0.25) is 9.59 Å². The molecule has 3 unspecified atom stereocenters. The standard InChI is InChI=1S/C17H28O8/c1-5-12(24-16(22)10-18)17(4,23)13(7-6-11(2)3)25-15(21)9-8-14(19)20/h6,12-13,18,23H,5,7-10H2,1-4H3,(H,19,20). The number of ether oxygens (including phenoxy) is 2. The third kappa shape index (κ3) is 8.64. The zero-order valence-electron chi connectivity index (χ0n) is 15.2. The summed E-state index contributed by atoms with van der Waals surface area (Å²) < 4.78 is 10.3. The summed E-state index contributed by atoms with van der Waals surface area (Å²) in [5.41, 5.74) is -0.785. The lowest BCUT2D eigenvalue weighted by Crippen LogP contribution is -2.53. The Hall–Kier alpha value is -1.93. The molecule has 0 aromatic carbocycles. The van der Waals surface area contributed by atoms with Crippen LogP contribution in [0.25, 0.3) is 0 Å². The minimum absolute atomic E-state index is 0.168. The molecule has 3 N–H and O–H groups in total. The summed E-state index contributed by atoms with van der Waals surface area (Å²) in [6.45, 7) is 5.89. The molecule has 8 heteroatoms. The Kier molecular flexibility index (Phi) is 10.00. The first-order valence-corrected chi connectivity index (χ1v) is 8.11. The van der Waals surface area contributed by atoms with Crippen LogP contribution in [0.1, 0.15) is 53.4 Å². The Morgan fingerprint density at radius 3 is 2.08 bits per heavy atom. The second-order valence-corrected chi connectivity index (χ2v) is 6.16. The molecule has 0 aliphatic heterocycles. The van der Waals surface area contributed by atoms with E-state index in [4.69, 9.17) is 19.7 Å². The Balaban J connectivity index is 5.31. The van der Waals surface area contributed by atoms with Gasteiger partial charge >= 0.3 is 17.9 Å². The summed E-state index contributed by atoms with van der Waals surface area (Å²) in [4.78, 5) is 33.8. The lowest BCUT2D eigenvalue weighted by atomic mass is 9.88. The number of aliphatic hydroxyl groups excluding tert-OH is 1. The third-order valence-electron chi connectivity index (χ3n) is 3.63. The number of carbonyl (C=O) groups excluding carboxylic acids is 2. The van der Waals surface area contributed by atoms with E-state index in [2.05, 4.69) is 0 Å². The largest absolute Gasteiger partial charge is 0.481 e. The molecular weight excluding hydrogens is 332 g/mol. The molecular formula is C17H28O8. The highest BCUT2D eigenvalue weighted by molar-refractivity contribution is 5.76. The van der Waals surface area contributed by atoms with Crippen LogP contribution in [0.4, 0.5) is 0 Å². The Bertz CT molecular complexity index is 491. The van der Waals surface area contributed by atoms with Gasteiger partial charge in [0.25, 0.3) is 0 Å². The maximum absolute atomic E-state index is 11.9. The zero-order valence-corrected chi connectivity index (χ0v) is 15.2. The van der Waals surface area contributed by atoms with Gasteiger partial charge < -0.3 is 24.8 Å². The SMILES string of the molecule is CCC(OC(=O)CO)C(C)(O)C(CC=C(C)C)OC(=O)CCC(=O)O. The second kappa shape index (κ2) is 10.8. The van der Waals surface area contributed by atoms with Crippen molar-refractivity contribution in [2.24, 2.45) is 0 Å². The molecule has 0 amide bonds. The van der Waals surface area contributed by atoms with Crippen LogP contribution >= 0.6 is 0 Å². The van der Waals surface area contributed by atoms with E-state index in [0.717, 1.165) is 5.57 Å². The van der Waals surface area contributed by atoms with Gasteiger partial charge in [-0.05, 0) is 27.2 Å². The first kappa shape index (κ1) is 23.1. The molecule has 0 spiro atoms. The fraction of sp³-hybridized carbons (Fsp3) is 0.706. The number of carbonyl (C=O) groups is 3. The van der Waals surface area contributed by atoms with Crippen LogP contribution in [0.5, 0.6) is 0 Å². The second-order valence-electron chi connectivity index (χ2n) is 6.16. The first-order valence-electron chi connectivity index (χ1n) is 8.11. The maximum atomic E-state index is 11.9. The first-order chi connectivity index (χ1) is 11.5. The van der Waals surface area contributed by atoms with Crippen LogP contribution < -0.4 is 0 Å². The number of allylic oxidation sites excluding steroid dienone is 1. The quantitative estimate of drug-likeness (QED) is 0.370. The molecule has 0 aliphatic rings. The van der Waals surface area contributed by atoms with Gasteiger partial charge in [-0.2, -0.15) is 0 Å². The van der Waals surface area contributed by atoms with Crippen molar-refractivity contribution >= 4 is 17.9 Å². The van der Waals surface area contributed by atoms with Crippen molar-refractivity contribution in [2.75, 3.05) is 6.61 Å². The van der Waals surface area contributed by atoms with Crippen molar-refractivity contribution in [1.29, 1.82) is 0 Å². The van der Waals surface area contributed by atoms with Crippen LogP contribution in [-0.2, 0) is 23.9 Å². The molecule has 0 aliphatic carbocycles. The van der Waals surface area contributed by atoms with Crippen LogP contribution in [0.15, 0.2) is 11.6 Å². The summed E-state index contributed by atoms with van der Waals surface area (Å²) in [5.74, 6) is -2.80. The predicted octanol–water partition coefficient (Wildman–Crippen LogP) is 1.18. The molecule has 0 rings (SSSR count). The smallest absolute Gasteiger partial charge is 0.332 e. The van der Waals surface area contributed by atoms with Gasteiger partial charge in [-0.25, -0.2) is 4.79 Å². The zero-order chi connectivity index (χ0) is 19.6. The van der Waals surface area contributed by atoms with E-state index in [1.807, 2.05) is 13.8 Å². The number of esters is 2. The molecule has 8 nitrogen and oxygen atoms in total. The van der Waals surface area contributed by atoms with Gasteiger partial charge in [0.2, 0.25) is 0 Å². The predicted molar refractivity (Wildman–Crippen MR) is 88.7 cm³/mol. The highest BCUT2D eigenvalue weighted by atomic mass is 16.6. The fourth-order valence-electron chi connectivity index (χ4n) is 2.19. The van der Waals surface area contributed by atoms with Crippen molar-refractivity contribution in [3.8, 4) is 0 Å². The van der Waals surface area contributed by atoms with E-state index in [1.165, 1.54) is 6.92 Å². The molecule has 0 saturated carbocycles. The lowest BCUT2D eigenvalue weighted by molar-refractivity contribution is -0.193. The number of hydrogen-bond acceptors (Lipinski definition) is 7. The maximum Gasteiger partial charge on any atom is 0.332 e. The number of aliphatic hydroxyl groups is 2. The number of carboxylic acids is 1. The van der Waals surface area contributed by atoms with Crippen molar-refractivity contribution in [2.45, 2.75) is 71.2 Å². The van der Waals surface area contributed by atoms with E-state index in [9.17, 15) is 19.5 Å². The third-order valence-corrected chi connectivity index (χ3v) is 3.63. The van der Waals surface area contributed by atoms with Crippen LogP contribution in [0.3, 0.4) is 0 Å². The summed E-state index contributed by atoms with van der Waals surface area (Å²) in [7, 11) is 0. The van der Waals surface area contributed by atoms with E-state index in [-0.39, 0.29) is 25.7 Å². The van der Waals surface area contributed by atoms with Crippen LogP contribution in [0.2, 0.25) is 0 Å². The summed E-state index contributed by atoms with van der Waals surface area (Å²) in [6, 6.07) is 0. The number of rotatable bonds is 11. The molecule has 25 heavy (non-hydrogen) atoms. The van der Waals surface area contributed by atoms with Gasteiger partial charge in [0.1, 0.15) is 24.4 Å². The Labute approximate surface area is 147 Å². The average Bonchev–Trinajstić information content (AvgIpc) is 2.53. The number of aliphatic carboxylic acids is 1. The van der Waals surface area contributed by atoms with E-state index < -0.39 is 42.3 Å². The highest BCUT2D eigenvalue weighted by Gasteiger charge is 2.43. The van der Waals surface area contributed by atoms with Gasteiger partial charge in [-0.15, -0.1) is 0 Å². The monoisotopic (exact) mass is 360 g/mol. The van der Waals surface area contributed by atoms with E-state index >= 15 is 0 Å². The van der Waals surface area contributed by atoms with Crippen molar-refractivity contribution in [3.63, 3.8) is 0 Å². The summed E-state index contributed by atoms with van der Waals surface area (Å²) in [5, 5.41) is 28.3. The average molecular weight is 360 g/mol. The lowest BCUT2D eigenvalue weighted by Gasteiger charge is -2.37. The topological polar surface area (TPSA) is 130 Å². The van der Waals surface area contributed by atoms with Crippen molar-refractivity contribution < 1.29 is 39.2 Å². The van der Waals surface area contributed by atoms with Crippen molar-refractivity contribution in [3.05, 3.63) is 11.6 Å². The molecule has 0 heterocycles. The molecule has 0 radical (unpaired) electrons. The highest BCUT2D eigenvalue weighted by Crippen LogP contribution is 2.27. The van der Waals surface area contributed by atoms with Crippen LogP contribution in [0, 0.1) is 0 Å². The van der Waals surface area contributed by atoms with Gasteiger partial charge in [0.05, 0.1) is 12.8 Å². The van der Waals surface area contributed by atoms with Gasteiger partial charge in [0, 0.05) is 6.42 Å². The Morgan fingerprint density at radius 1 is 1.08 bits per heavy atom. The minimum atomic E-state index is -1.72. The number of hydrogen-bond donors (Lipinski definition) is 3. The van der Waals surface area contributed by atoms with Crippen molar-refractivity contribution in [1.82, 2.24) is 0 Å². The summed E-state index contributed by atoms with van der Waals surface area (Å²) in [6.07, 6.45) is -0.602. The minimum Gasteiger partial charge on any atom is -0.481 e. The molecule has 3 atom stereocenters.